The first-order chi connectivity index (χ1) is 53.5. The molecule has 0 N–H and O–H groups in total. The summed E-state index contributed by atoms with van der Waals surface area (Å²) in [5.74, 6) is 1.35. The Kier molecular flexibility index (Phi) is 13.5. The third kappa shape index (κ3) is 9.23. The number of hydrogen-bond donors (Lipinski definition) is 0. The quantitative estimate of drug-likeness (QED) is 0.144. The average molecular weight is 1410 g/mol. The van der Waals surface area contributed by atoms with Crippen LogP contribution in [0.15, 0.2) is 315 Å². The molecular formula is C104H76N6. The fourth-order valence-corrected chi connectivity index (χ4v) is 19.8. The van der Waals surface area contributed by atoms with E-state index in [2.05, 4.69) is 368 Å². The van der Waals surface area contributed by atoms with E-state index >= 15 is 0 Å². The molecule has 0 spiro atoms. The van der Waals surface area contributed by atoms with E-state index in [1.165, 1.54) is 138 Å². The Morgan fingerprint density at radius 3 is 1.16 bits per heavy atom. The lowest BCUT2D eigenvalue weighted by Gasteiger charge is -2.24. The van der Waals surface area contributed by atoms with Gasteiger partial charge >= 0.3 is 0 Å². The Morgan fingerprint density at radius 1 is 0.218 bits per heavy atom. The highest BCUT2D eigenvalue weighted by molar-refractivity contribution is 6.17. The number of fused-ring (bicyclic) bond motifs is 19. The maximum atomic E-state index is 5.57. The van der Waals surface area contributed by atoms with Gasteiger partial charge in [-0.15, -0.1) is 0 Å². The van der Waals surface area contributed by atoms with E-state index in [0.717, 1.165) is 73.1 Å². The van der Waals surface area contributed by atoms with Crippen LogP contribution >= 0.6 is 0 Å². The summed E-state index contributed by atoms with van der Waals surface area (Å²) in [4.78, 5) is 21.5. The molecule has 0 aliphatic heterocycles. The van der Waals surface area contributed by atoms with Gasteiger partial charge in [0, 0.05) is 88.0 Å². The molecule has 0 saturated carbocycles. The monoisotopic (exact) mass is 1410 g/mol. The summed E-state index contributed by atoms with van der Waals surface area (Å²) in [7, 11) is 0. The number of rotatable bonds is 9. The second-order valence-corrected chi connectivity index (χ2v) is 32.9. The molecule has 4 aromatic heterocycles. The van der Waals surface area contributed by atoms with Crippen molar-refractivity contribution in [2.24, 2.45) is 0 Å². The van der Waals surface area contributed by atoms with Crippen LogP contribution in [-0.2, 0) is 21.7 Å². The standard InChI is InChI=1S/C104H76N6/c1-101(2)83-39-22-20-36-73(83)77-56-93-80(55-86(77)101)79-53-76-72-35-19-21-38-82(72)102(3,4)87(76)57-94(79)109(93)68-46-42-64(43-47-68)100-107-91(63-30-16-11-17-31-63)60-92(108-100)67-33-24-32-66(52-67)70-37-25-41-85-96(70)81-54-78-75-51-50-74-71-34-18-23-40-84(71)104(7,8)97(74)98(75)110(95(78)58-88(81)103(85,5)6)69-48-44-65(45-49-69)99-105-89(61-26-12-9-13-27-61)59-90(106-99)62-28-14-10-15-29-62/h9-60H,1-8H3. The van der Waals surface area contributed by atoms with Crippen molar-refractivity contribution < 1.29 is 0 Å². The van der Waals surface area contributed by atoms with Crippen LogP contribution in [-0.4, -0.2) is 29.1 Å². The van der Waals surface area contributed by atoms with Gasteiger partial charge in [-0.2, -0.15) is 0 Å². The van der Waals surface area contributed by atoms with E-state index in [1.807, 2.05) is 12.1 Å². The summed E-state index contributed by atoms with van der Waals surface area (Å²) in [6.07, 6.45) is 0. The van der Waals surface area contributed by atoms with Crippen molar-refractivity contribution >= 4 is 43.6 Å². The Morgan fingerprint density at radius 2 is 0.600 bits per heavy atom. The zero-order valence-corrected chi connectivity index (χ0v) is 62.7. The van der Waals surface area contributed by atoms with Crippen LogP contribution in [0.1, 0.15) is 99.9 Å². The Bertz CT molecular complexity index is 6910. The largest absolute Gasteiger partial charge is 0.309 e. The number of benzene rings is 14. The van der Waals surface area contributed by atoms with Gasteiger partial charge in [-0.3, -0.25) is 0 Å². The molecule has 0 bridgehead atoms. The van der Waals surface area contributed by atoms with Crippen molar-refractivity contribution in [2.75, 3.05) is 0 Å². The predicted molar refractivity (Wildman–Crippen MR) is 455 cm³/mol. The van der Waals surface area contributed by atoms with E-state index < -0.39 is 0 Å². The van der Waals surface area contributed by atoms with Crippen LogP contribution in [0.3, 0.4) is 0 Å². The number of hydrogen-bond acceptors (Lipinski definition) is 4. The fourth-order valence-electron chi connectivity index (χ4n) is 19.8. The smallest absolute Gasteiger partial charge is 0.160 e. The molecule has 0 unspecified atom stereocenters. The third-order valence-electron chi connectivity index (χ3n) is 25.3. The van der Waals surface area contributed by atoms with Gasteiger partial charge < -0.3 is 9.13 Å². The molecule has 0 fully saturated rings. The second kappa shape index (κ2) is 23.2. The van der Waals surface area contributed by atoms with Gasteiger partial charge in [-0.1, -0.05) is 268 Å². The topological polar surface area (TPSA) is 61.4 Å². The highest BCUT2D eigenvalue weighted by atomic mass is 15.0. The van der Waals surface area contributed by atoms with Crippen molar-refractivity contribution in [3.05, 3.63) is 360 Å². The van der Waals surface area contributed by atoms with E-state index in [0.29, 0.717) is 11.6 Å². The lowest BCUT2D eigenvalue weighted by atomic mass is 9.81. The van der Waals surface area contributed by atoms with E-state index in [4.69, 9.17) is 19.9 Å². The van der Waals surface area contributed by atoms with Gasteiger partial charge in [0.1, 0.15) is 0 Å². The van der Waals surface area contributed by atoms with Gasteiger partial charge in [0.2, 0.25) is 0 Å². The lowest BCUT2D eigenvalue weighted by molar-refractivity contribution is 0.660. The highest BCUT2D eigenvalue weighted by Crippen LogP contribution is 2.59. The van der Waals surface area contributed by atoms with Gasteiger partial charge in [-0.05, 0) is 203 Å². The summed E-state index contributed by atoms with van der Waals surface area (Å²) in [5, 5.41) is 4.98. The third-order valence-corrected chi connectivity index (χ3v) is 25.3. The molecule has 4 aliphatic carbocycles. The first-order valence-corrected chi connectivity index (χ1v) is 38.6. The molecule has 0 saturated heterocycles. The molecule has 4 heterocycles. The summed E-state index contributed by atoms with van der Waals surface area (Å²) in [5.41, 5.74) is 39.1. The molecule has 110 heavy (non-hydrogen) atoms. The molecule has 14 aromatic carbocycles. The minimum Gasteiger partial charge on any atom is -0.309 e. The summed E-state index contributed by atoms with van der Waals surface area (Å²) < 4.78 is 5.08. The molecule has 0 radical (unpaired) electrons. The maximum absolute atomic E-state index is 5.57. The average Bonchev–Trinajstić information content (AvgIpc) is 1.53. The highest BCUT2D eigenvalue weighted by Gasteiger charge is 2.43. The van der Waals surface area contributed by atoms with Crippen LogP contribution in [0.5, 0.6) is 0 Å². The first-order valence-electron chi connectivity index (χ1n) is 38.6. The molecular weight excluding hydrogens is 1330 g/mol. The zero-order valence-electron chi connectivity index (χ0n) is 62.7. The lowest BCUT2D eigenvalue weighted by Crippen LogP contribution is -2.16. The van der Waals surface area contributed by atoms with Crippen molar-refractivity contribution in [2.45, 2.75) is 77.0 Å². The molecule has 522 valence electrons. The fraction of sp³-hybridized carbons (Fsp3) is 0.115. The van der Waals surface area contributed by atoms with Crippen LogP contribution < -0.4 is 0 Å². The van der Waals surface area contributed by atoms with Crippen molar-refractivity contribution in [1.29, 1.82) is 0 Å². The molecule has 0 amide bonds. The Hall–Kier alpha value is -13.2. The van der Waals surface area contributed by atoms with Gasteiger partial charge in [0.15, 0.2) is 11.6 Å². The molecule has 22 rings (SSSR count). The maximum Gasteiger partial charge on any atom is 0.160 e. The molecule has 18 aromatic rings. The number of aromatic nitrogens is 6. The van der Waals surface area contributed by atoms with Crippen molar-refractivity contribution in [3.63, 3.8) is 0 Å². The van der Waals surface area contributed by atoms with Gasteiger partial charge in [0.05, 0.1) is 44.8 Å². The Balaban J connectivity index is 0.669. The number of nitrogens with zero attached hydrogens (tertiary/aromatic N) is 6. The second-order valence-electron chi connectivity index (χ2n) is 32.9. The van der Waals surface area contributed by atoms with Gasteiger partial charge in [0.25, 0.3) is 0 Å². The zero-order chi connectivity index (χ0) is 73.8. The molecule has 6 nitrogen and oxygen atoms in total. The predicted octanol–water partition coefficient (Wildman–Crippen LogP) is 26.4. The Labute approximate surface area is 640 Å². The van der Waals surface area contributed by atoms with E-state index in [9.17, 15) is 0 Å². The minimum atomic E-state index is -0.344. The van der Waals surface area contributed by atoms with Gasteiger partial charge in [-0.25, -0.2) is 19.9 Å². The molecule has 4 aliphatic rings. The van der Waals surface area contributed by atoms with Crippen LogP contribution in [0.25, 0.3) is 178 Å². The van der Waals surface area contributed by atoms with Crippen LogP contribution in [0.4, 0.5) is 0 Å². The minimum absolute atomic E-state index is 0.143. The van der Waals surface area contributed by atoms with Crippen molar-refractivity contribution in [1.82, 2.24) is 29.1 Å². The normalized spacial score (nSPS) is 14.7. The van der Waals surface area contributed by atoms with Crippen LogP contribution in [0.2, 0.25) is 0 Å². The van der Waals surface area contributed by atoms with Crippen molar-refractivity contribution in [3.8, 4) is 135 Å². The van der Waals surface area contributed by atoms with E-state index in [-0.39, 0.29) is 21.7 Å². The van der Waals surface area contributed by atoms with E-state index in [1.54, 1.807) is 0 Å². The van der Waals surface area contributed by atoms with Crippen LogP contribution in [0, 0.1) is 0 Å². The molecule has 6 heteroatoms. The summed E-state index contributed by atoms with van der Waals surface area (Å²) in [6.45, 7) is 19.2. The summed E-state index contributed by atoms with van der Waals surface area (Å²) >= 11 is 0. The summed E-state index contributed by atoms with van der Waals surface area (Å²) in [6, 6.07) is 116. The SMILES string of the molecule is CC1(C)c2ccccc2-c2cc3c(cc21)c1cc2c(cc1n3-c1ccc(-c3nc(-c4ccccc4)cc(-c4cccc(-c5cccc6c5-c5cc7c8ccc9c(c8n(-c8ccc(-c%10nc(-c%11ccccc%11)cc(-c%11ccccc%11)n%10)cc8)c7cc5C6(C)C)C(C)(C)c5ccccc5-9)c4)n3)cc1)C(C)(C)c1ccccc1-2. The molecule has 0 atom stereocenters. The first kappa shape index (κ1) is 64.1.